The smallest absolute Gasteiger partial charge is 0.189 e. The van der Waals surface area contributed by atoms with Gasteiger partial charge in [-0.2, -0.15) is 0 Å². The molecule has 0 N–H and O–H groups in total. The van der Waals surface area contributed by atoms with Crippen molar-refractivity contribution in [3.8, 4) is 17.2 Å². The van der Waals surface area contributed by atoms with Gasteiger partial charge in [0.15, 0.2) is 6.79 Å². The molecule has 0 fully saturated rings. The van der Waals surface area contributed by atoms with Crippen molar-refractivity contribution in [2.45, 2.75) is 64.4 Å². The van der Waals surface area contributed by atoms with Gasteiger partial charge in [-0.05, 0) is 125 Å². The standard InChI is InChI=1S/C43H44O4/c1-5-30(32-9-15-36(44-3)16-10-32)23-28-7-19-38-34(25-28)13-21-40-42(38)43-39-20-8-29(26-35(39)14-22-41(43)47-27-46-40)24-31(6-2)33-11-17-37(45-4)18-12-33/h7,9-12,14-19,22-26,40,42H,5-6,8,13,20-21,27H2,1-4H3/b30-23-,31-24-/t40-,42?/m1/s1. The summed E-state index contributed by atoms with van der Waals surface area (Å²) in [5.74, 6) is 2.90. The summed E-state index contributed by atoms with van der Waals surface area (Å²) in [5.41, 5.74) is 14.6. The molecule has 4 aromatic carbocycles. The Hall–Kier alpha value is -4.54. The van der Waals surface area contributed by atoms with Gasteiger partial charge in [-0.15, -0.1) is 0 Å². The minimum atomic E-state index is 0.106. The first kappa shape index (κ1) is 31.1. The highest BCUT2D eigenvalue weighted by Crippen LogP contribution is 2.48. The summed E-state index contributed by atoms with van der Waals surface area (Å²) in [6.07, 6.45) is 13.2. The largest absolute Gasteiger partial charge is 0.497 e. The van der Waals surface area contributed by atoms with E-state index >= 15 is 0 Å². The average molecular weight is 625 g/mol. The van der Waals surface area contributed by atoms with Crippen LogP contribution in [0.4, 0.5) is 0 Å². The van der Waals surface area contributed by atoms with Crippen molar-refractivity contribution in [3.63, 3.8) is 0 Å². The number of aryl methyl sites for hydroxylation is 1. The fourth-order valence-corrected chi connectivity index (χ4v) is 7.62. The number of ether oxygens (including phenoxy) is 4. The maximum Gasteiger partial charge on any atom is 0.189 e. The molecule has 0 amide bonds. The molecule has 1 heterocycles. The summed E-state index contributed by atoms with van der Waals surface area (Å²) < 4.78 is 23.4. The van der Waals surface area contributed by atoms with Crippen LogP contribution in [0.2, 0.25) is 0 Å². The summed E-state index contributed by atoms with van der Waals surface area (Å²) in [4.78, 5) is 0. The number of methoxy groups -OCH3 is 2. The summed E-state index contributed by atoms with van der Waals surface area (Å²) in [5, 5.41) is 0. The number of allylic oxidation sites excluding steroid dienone is 4. The molecule has 1 unspecified atom stereocenters. The normalized spacial score (nSPS) is 18.9. The van der Waals surface area contributed by atoms with Gasteiger partial charge >= 0.3 is 0 Å². The lowest BCUT2D eigenvalue weighted by molar-refractivity contribution is -0.0374. The second-order valence-electron chi connectivity index (χ2n) is 12.7. The summed E-state index contributed by atoms with van der Waals surface area (Å²) in [6, 6.07) is 28.2. The van der Waals surface area contributed by atoms with Crippen LogP contribution >= 0.6 is 0 Å². The van der Waals surface area contributed by atoms with E-state index in [2.05, 4.69) is 86.7 Å². The Morgan fingerprint density at radius 3 is 2.11 bits per heavy atom. The van der Waals surface area contributed by atoms with Crippen LogP contribution in [0, 0.1) is 0 Å². The Balaban J connectivity index is 1.23. The lowest BCUT2D eigenvalue weighted by Gasteiger charge is -2.34. The number of hydrogen-bond acceptors (Lipinski definition) is 4. The van der Waals surface area contributed by atoms with Crippen molar-refractivity contribution < 1.29 is 18.9 Å². The predicted molar refractivity (Wildman–Crippen MR) is 192 cm³/mol. The van der Waals surface area contributed by atoms with Crippen molar-refractivity contribution in [2.24, 2.45) is 0 Å². The first-order valence-electron chi connectivity index (χ1n) is 17.0. The highest BCUT2D eigenvalue weighted by Gasteiger charge is 2.38. The fourth-order valence-electron chi connectivity index (χ4n) is 7.62. The maximum absolute atomic E-state index is 6.40. The van der Waals surface area contributed by atoms with Gasteiger partial charge in [0.1, 0.15) is 17.2 Å². The highest BCUT2D eigenvalue weighted by atomic mass is 16.7. The molecule has 4 heteroatoms. The molecular weight excluding hydrogens is 580 g/mol. The lowest BCUT2D eigenvalue weighted by atomic mass is 9.73. The van der Waals surface area contributed by atoms with Crippen molar-refractivity contribution >= 4 is 23.3 Å². The molecule has 0 aromatic heterocycles. The van der Waals surface area contributed by atoms with Gasteiger partial charge < -0.3 is 18.9 Å². The summed E-state index contributed by atoms with van der Waals surface area (Å²) in [7, 11) is 3.42. The summed E-state index contributed by atoms with van der Waals surface area (Å²) in [6.45, 7) is 4.75. The topological polar surface area (TPSA) is 36.9 Å². The Labute approximate surface area is 279 Å². The van der Waals surface area contributed by atoms with Crippen LogP contribution in [0.1, 0.15) is 90.0 Å². The molecule has 2 atom stereocenters. The zero-order valence-electron chi connectivity index (χ0n) is 28.0. The number of benzene rings is 4. The quantitative estimate of drug-likeness (QED) is 0.183. The van der Waals surface area contributed by atoms with Gasteiger partial charge in [-0.25, -0.2) is 0 Å². The van der Waals surface area contributed by atoms with E-state index in [9.17, 15) is 0 Å². The lowest BCUT2D eigenvalue weighted by Crippen LogP contribution is -2.29. The maximum atomic E-state index is 6.40. The van der Waals surface area contributed by atoms with Crippen molar-refractivity contribution in [1.29, 1.82) is 0 Å². The molecular formula is C43H44O4. The van der Waals surface area contributed by atoms with E-state index in [0.717, 1.165) is 55.8 Å². The van der Waals surface area contributed by atoms with Gasteiger partial charge in [0.25, 0.3) is 0 Å². The van der Waals surface area contributed by atoms with Crippen LogP contribution in [0.15, 0.2) is 90.5 Å². The average Bonchev–Trinajstić information content (AvgIpc) is 3.32. The second kappa shape index (κ2) is 13.7. The van der Waals surface area contributed by atoms with E-state index in [-0.39, 0.29) is 12.0 Å². The highest BCUT2D eigenvalue weighted by molar-refractivity contribution is 5.82. The molecule has 2 aliphatic carbocycles. The van der Waals surface area contributed by atoms with Crippen LogP contribution in [0.25, 0.3) is 23.3 Å². The van der Waals surface area contributed by atoms with Crippen LogP contribution in [0.3, 0.4) is 0 Å². The second-order valence-corrected chi connectivity index (χ2v) is 12.7. The third kappa shape index (κ3) is 6.27. The Morgan fingerprint density at radius 2 is 1.45 bits per heavy atom. The van der Waals surface area contributed by atoms with E-state index in [4.69, 9.17) is 18.9 Å². The molecule has 7 rings (SSSR count). The van der Waals surface area contributed by atoms with Crippen molar-refractivity contribution in [3.05, 3.63) is 135 Å². The predicted octanol–water partition coefficient (Wildman–Crippen LogP) is 10.3. The van der Waals surface area contributed by atoms with Crippen molar-refractivity contribution in [2.75, 3.05) is 21.0 Å². The molecule has 1 aliphatic heterocycles. The molecule has 0 saturated carbocycles. The van der Waals surface area contributed by atoms with E-state index in [0.29, 0.717) is 6.79 Å². The molecule has 0 saturated heterocycles. The van der Waals surface area contributed by atoms with Crippen LogP contribution in [0.5, 0.6) is 17.2 Å². The van der Waals surface area contributed by atoms with Gasteiger partial charge in [0.2, 0.25) is 0 Å². The SMILES string of the molecule is CC/C(=C/C1=Cc2ccc3c(c2CC1)C1c2ccc(/C=C(/CC)c4ccc(OC)cc4)cc2CC[C@H]1OCO3)c1ccc(OC)cc1. The third-order valence-corrected chi connectivity index (χ3v) is 10.1. The molecule has 47 heavy (non-hydrogen) atoms. The van der Waals surface area contributed by atoms with Gasteiger partial charge in [-0.3, -0.25) is 0 Å². The van der Waals surface area contributed by atoms with E-state index < -0.39 is 0 Å². The van der Waals surface area contributed by atoms with Crippen LogP contribution in [-0.2, 0) is 17.6 Å². The molecule has 0 spiro atoms. The summed E-state index contributed by atoms with van der Waals surface area (Å²) >= 11 is 0. The fraction of sp³-hybridized carbons (Fsp3) is 0.302. The zero-order valence-corrected chi connectivity index (χ0v) is 28.0. The Morgan fingerprint density at radius 1 is 0.766 bits per heavy atom. The molecule has 4 nitrogen and oxygen atoms in total. The first-order chi connectivity index (χ1) is 23.1. The molecule has 4 aromatic rings. The minimum Gasteiger partial charge on any atom is -0.497 e. The van der Waals surface area contributed by atoms with E-state index in [1.807, 2.05) is 24.3 Å². The molecule has 3 aliphatic rings. The van der Waals surface area contributed by atoms with Gasteiger partial charge in [-0.1, -0.05) is 80.6 Å². The zero-order chi connectivity index (χ0) is 32.3. The third-order valence-electron chi connectivity index (χ3n) is 10.1. The van der Waals surface area contributed by atoms with Crippen LogP contribution in [-0.4, -0.2) is 27.1 Å². The van der Waals surface area contributed by atoms with Gasteiger partial charge in [0, 0.05) is 11.5 Å². The van der Waals surface area contributed by atoms with Crippen molar-refractivity contribution in [1.82, 2.24) is 0 Å². The molecule has 0 radical (unpaired) electrons. The van der Waals surface area contributed by atoms with Gasteiger partial charge in [0.05, 0.1) is 20.3 Å². The number of hydrogen-bond donors (Lipinski definition) is 0. The Bertz CT molecular complexity index is 1840. The van der Waals surface area contributed by atoms with Crippen LogP contribution < -0.4 is 14.2 Å². The monoisotopic (exact) mass is 624 g/mol. The molecule has 240 valence electrons. The first-order valence-corrected chi connectivity index (χ1v) is 17.0. The minimum absolute atomic E-state index is 0.106. The van der Waals surface area contributed by atoms with E-state index in [1.54, 1.807) is 14.2 Å². The Kier molecular flexibility index (Phi) is 9.04. The van der Waals surface area contributed by atoms with E-state index in [1.165, 1.54) is 61.2 Å². The molecule has 0 bridgehead atoms. The number of fused-ring (bicyclic) bond motifs is 7. The number of rotatable bonds is 8.